The predicted molar refractivity (Wildman–Crippen MR) is 108 cm³/mol. The van der Waals surface area contributed by atoms with Gasteiger partial charge in [0.2, 0.25) is 5.91 Å². The van der Waals surface area contributed by atoms with Gasteiger partial charge in [-0.15, -0.1) is 0 Å². The zero-order valence-corrected chi connectivity index (χ0v) is 16.3. The molecule has 2 saturated carbocycles. The molecule has 1 aromatic heterocycles. The number of benzene rings is 1. The van der Waals surface area contributed by atoms with Gasteiger partial charge in [0.05, 0.1) is 11.0 Å². The van der Waals surface area contributed by atoms with Gasteiger partial charge in [0.1, 0.15) is 0 Å². The van der Waals surface area contributed by atoms with Crippen LogP contribution in [0.5, 0.6) is 0 Å². The Morgan fingerprint density at radius 3 is 2.25 bits per heavy atom. The second-order valence-corrected chi connectivity index (χ2v) is 9.00. The standard InChI is InChI=1S/C24H28N2O2/c27-21(26-15-12-23(28,13-16-26)20-9-6-14-25-17-20)24(19-7-2-1-3-8-19)18-22(24)10-4-5-11-22/h1-3,6-9,14,17,28H,4-5,10-13,15-16,18H2/t24-/m1/s1. The fraction of sp³-hybridized carbons (Fsp3) is 0.500. The smallest absolute Gasteiger partial charge is 0.233 e. The van der Waals surface area contributed by atoms with E-state index >= 15 is 0 Å². The normalized spacial score (nSPS) is 27.7. The molecule has 1 spiro atoms. The third-order valence-corrected chi connectivity index (χ3v) is 7.65. The van der Waals surface area contributed by atoms with Gasteiger partial charge in [-0.25, -0.2) is 0 Å². The SMILES string of the molecule is O=C(N1CCC(O)(c2cccnc2)CC1)[C@]1(c2ccccc2)CC12CCCC2. The first-order valence-corrected chi connectivity index (χ1v) is 10.6. The van der Waals surface area contributed by atoms with Crippen molar-refractivity contribution in [3.05, 3.63) is 66.0 Å². The molecule has 1 aromatic carbocycles. The van der Waals surface area contributed by atoms with Gasteiger partial charge in [0.25, 0.3) is 0 Å². The largest absolute Gasteiger partial charge is 0.385 e. The second-order valence-electron chi connectivity index (χ2n) is 9.00. The van der Waals surface area contributed by atoms with Crippen LogP contribution in [0, 0.1) is 5.41 Å². The molecule has 4 heteroatoms. The van der Waals surface area contributed by atoms with E-state index in [2.05, 4.69) is 29.2 Å². The van der Waals surface area contributed by atoms with Gasteiger partial charge in [-0.1, -0.05) is 49.2 Å². The maximum absolute atomic E-state index is 13.8. The van der Waals surface area contributed by atoms with Crippen molar-refractivity contribution in [2.75, 3.05) is 13.1 Å². The lowest BCUT2D eigenvalue weighted by Crippen LogP contribution is -2.49. The van der Waals surface area contributed by atoms with Crippen LogP contribution in [0.4, 0.5) is 0 Å². The number of pyridine rings is 1. The summed E-state index contributed by atoms with van der Waals surface area (Å²) in [5.74, 6) is 0.286. The summed E-state index contributed by atoms with van der Waals surface area (Å²) in [4.78, 5) is 20.0. The summed E-state index contributed by atoms with van der Waals surface area (Å²) in [5, 5.41) is 11.1. The molecule has 3 fully saturated rings. The van der Waals surface area contributed by atoms with Gasteiger partial charge in [0.15, 0.2) is 0 Å². The van der Waals surface area contributed by atoms with Crippen LogP contribution >= 0.6 is 0 Å². The van der Waals surface area contributed by atoms with Crippen LogP contribution in [-0.4, -0.2) is 34.0 Å². The van der Waals surface area contributed by atoms with E-state index < -0.39 is 5.60 Å². The number of likely N-dealkylation sites (tertiary alicyclic amines) is 1. The number of nitrogens with zero attached hydrogens (tertiary/aromatic N) is 2. The first-order valence-electron chi connectivity index (χ1n) is 10.6. The fourth-order valence-corrected chi connectivity index (χ4v) is 5.95. The highest BCUT2D eigenvalue weighted by atomic mass is 16.3. The third kappa shape index (κ3) is 2.54. The second kappa shape index (κ2) is 6.41. The number of piperidine rings is 1. The van der Waals surface area contributed by atoms with E-state index in [-0.39, 0.29) is 16.7 Å². The van der Waals surface area contributed by atoms with Crippen LogP contribution < -0.4 is 0 Å². The van der Waals surface area contributed by atoms with Gasteiger partial charge < -0.3 is 10.0 Å². The van der Waals surface area contributed by atoms with Gasteiger partial charge >= 0.3 is 0 Å². The number of aliphatic hydroxyl groups is 1. The lowest BCUT2D eigenvalue weighted by Gasteiger charge is -2.40. The molecule has 1 aliphatic heterocycles. The minimum absolute atomic E-state index is 0.169. The summed E-state index contributed by atoms with van der Waals surface area (Å²) in [6.07, 6.45) is 10.4. The number of carbonyl (C=O) groups is 1. The van der Waals surface area contributed by atoms with Crippen LogP contribution in [0.3, 0.4) is 0 Å². The summed E-state index contributed by atoms with van der Waals surface area (Å²) in [5.41, 5.74) is 1.00. The summed E-state index contributed by atoms with van der Waals surface area (Å²) in [6.45, 7) is 1.21. The molecule has 5 rings (SSSR count). The molecule has 0 unspecified atom stereocenters. The molecule has 2 aliphatic carbocycles. The Bertz CT molecular complexity index is 853. The number of hydrogen-bond donors (Lipinski definition) is 1. The Kier molecular flexibility index (Phi) is 4.09. The van der Waals surface area contributed by atoms with E-state index in [1.807, 2.05) is 23.1 Å². The molecular formula is C24H28N2O2. The monoisotopic (exact) mass is 376 g/mol. The van der Waals surface area contributed by atoms with Gasteiger partial charge in [-0.2, -0.15) is 0 Å². The van der Waals surface area contributed by atoms with Crippen molar-refractivity contribution in [3.63, 3.8) is 0 Å². The highest BCUT2D eigenvalue weighted by Gasteiger charge is 2.73. The van der Waals surface area contributed by atoms with Crippen LogP contribution in [-0.2, 0) is 15.8 Å². The topological polar surface area (TPSA) is 53.4 Å². The number of aromatic nitrogens is 1. The van der Waals surface area contributed by atoms with Crippen molar-refractivity contribution in [2.24, 2.45) is 5.41 Å². The highest BCUT2D eigenvalue weighted by molar-refractivity contribution is 5.93. The van der Waals surface area contributed by atoms with Crippen molar-refractivity contribution in [2.45, 2.75) is 56.0 Å². The average Bonchev–Trinajstić information content (AvgIpc) is 3.16. The van der Waals surface area contributed by atoms with Crippen molar-refractivity contribution in [1.82, 2.24) is 9.88 Å². The molecule has 4 nitrogen and oxygen atoms in total. The number of amides is 1. The van der Waals surface area contributed by atoms with E-state index in [1.165, 1.54) is 31.2 Å². The molecule has 0 bridgehead atoms. The van der Waals surface area contributed by atoms with Gasteiger partial charge in [0, 0.05) is 31.0 Å². The van der Waals surface area contributed by atoms with Crippen LogP contribution in [0.2, 0.25) is 0 Å². The minimum atomic E-state index is -0.875. The number of rotatable bonds is 3. The quantitative estimate of drug-likeness (QED) is 0.887. The Labute approximate surface area is 166 Å². The van der Waals surface area contributed by atoms with E-state index in [4.69, 9.17) is 0 Å². The third-order valence-electron chi connectivity index (χ3n) is 7.65. The maximum Gasteiger partial charge on any atom is 0.233 e. The Morgan fingerprint density at radius 2 is 1.61 bits per heavy atom. The zero-order valence-electron chi connectivity index (χ0n) is 16.3. The molecule has 0 radical (unpaired) electrons. The lowest BCUT2D eigenvalue weighted by molar-refractivity contribution is -0.139. The molecule has 3 aliphatic rings. The Balaban J connectivity index is 1.39. The van der Waals surface area contributed by atoms with Crippen molar-refractivity contribution in [1.29, 1.82) is 0 Å². The van der Waals surface area contributed by atoms with E-state index in [9.17, 15) is 9.90 Å². The number of carbonyl (C=O) groups excluding carboxylic acids is 1. The van der Waals surface area contributed by atoms with E-state index in [1.54, 1.807) is 12.4 Å². The fourth-order valence-electron chi connectivity index (χ4n) is 5.95. The first-order chi connectivity index (χ1) is 13.6. The molecule has 2 heterocycles. The average molecular weight is 377 g/mol. The van der Waals surface area contributed by atoms with E-state index in [0.29, 0.717) is 25.9 Å². The van der Waals surface area contributed by atoms with Crippen LogP contribution in [0.1, 0.15) is 56.1 Å². The molecule has 1 atom stereocenters. The van der Waals surface area contributed by atoms with E-state index in [0.717, 1.165) is 12.0 Å². The molecule has 28 heavy (non-hydrogen) atoms. The molecule has 1 saturated heterocycles. The molecular weight excluding hydrogens is 348 g/mol. The predicted octanol–water partition coefficient (Wildman–Crippen LogP) is 3.79. The van der Waals surface area contributed by atoms with Crippen molar-refractivity contribution < 1.29 is 9.90 Å². The minimum Gasteiger partial charge on any atom is -0.385 e. The van der Waals surface area contributed by atoms with Gasteiger partial charge in [-0.3, -0.25) is 9.78 Å². The Hall–Kier alpha value is -2.20. The maximum atomic E-state index is 13.8. The van der Waals surface area contributed by atoms with Crippen molar-refractivity contribution in [3.8, 4) is 0 Å². The summed E-state index contributed by atoms with van der Waals surface area (Å²) < 4.78 is 0. The van der Waals surface area contributed by atoms with Gasteiger partial charge in [-0.05, 0) is 49.1 Å². The molecule has 146 valence electrons. The summed E-state index contributed by atoms with van der Waals surface area (Å²) >= 11 is 0. The lowest BCUT2D eigenvalue weighted by atomic mass is 9.81. The zero-order chi connectivity index (χ0) is 19.2. The summed E-state index contributed by atoms with van der Waals surface area (Å²) in [7, 11) is 0. The molecule has 1 amide bonds. The van der Waals surface area contributed by atoms with Crippen LogP contribution in [0.25, 0.3) is 0 Å². The molecule has 2 aromatic rings. The highest BCUT2D eigenvalue weighted by Crippen LogP contribution is 2.72. The first kappa shape index (κ1) is 17.9. The van der Waals surface area contributed by atoms with Crippen LogP contribution in [0.15, 0.2) is 54.9 Å². The molecule has 1 N–H and O–H groups in total. The number of hydrogen-bond acceptors (Lipinski definition) is 3. The summed E-state index contributed by atoms with van der Waals surface area (Å²) in [6, 6.07) is 14.2. The Morgan fingerprint density at radius 1 is 0.929 bits per heavy atom. The van der Waals surface area contributed by atoms with Crippen molar-refractivity contribution >= 4 is 5.91 Å².